The van der Waals surface area contributed by atoms with Gasteiger partial charge in [0.1, 0.15) is 11.8 Å². The fourth-order valence-electron chi connectivity index (χ4n) is 1.67. The van der Waals surface area contributed by atoms with Crippen LogP contribution in [-0.4, -0.2) is 13.1 Å². The van der Waals surface area contributed by atoms with E-state index < -0.39 is 5.97 Å². The van der Waals surface area contributed by atoms with Gasteiger partial charge < -0.3 is 20.4 Å². The maximum absolute atomic E-state index is 10.3. The number of hydrogen-bond acceptors (Lipinski definition) is 3. The first-order chi connectivity index (χ1) is 8.04. The van der Waals surface area contributed by atoms with E-state index in [0.29, 0.717) is 12.8 Å². The molecule has 0 saturated carbocycles. The van der Waals surface area contributed by atoms with Crippen molar-refractivity contribution in [1.29, 1.82) is 0 Å². The van der Waals surface area contributed by atoms with Crippen molar-refractivity contribution in [3.8, 4) is 5.75 Å². The molecule has 0 saturated heterocycles. The van der Waals surface area contributed by atoms with Gasteiger partial charge in [-0.25, -0.2) is 0 Å². The van der Waals surface area contributed by atoms with Gasteiger partial charge in [0.25, 0.3) is 0 Å². The Morgan fingerprint density at radius 1 is 1.59 bits per heavy atom. The topological polar surface area (TPSA) is 77.0 Å². The number of ether oxygens (including phenoxy) is 1. The van der Waals surface area contributed by atoms with Gasteiger partial charge in [-0.3, -0.25) is 0 Å². The number of rotatable bonds is 6. The van der Waals surface area contributed by atoms with Crippen molar-refractivity contribution in [2.45, 2.75) is 25.3 Å². The van der Waals surface area contributed by atoms with E-state index in [1.807, 2.05) is 18.2 Å². The lowest BCUT2D eigenvalue weighted by molar-refractivity contribution is -0.428. The standard InChI is InChI=1S/C12H16BrNO3/c1-17-11-6-5-8(13)7-9(11)10(14)3-2-4-12(15)16/h5-7,10H,2-4,14H2,1H3,(H,15,16)/t10-/m0/s1. The molecule has 0 aliphatic carbocycles. The Labute approximate surface area is 109 Å². The molecule has 0 heterocycles. The second kappa shape index (κ2) is 6.61. The number of hydrogen-bond donors (Lipinski definition) is 1. The van der Waals surface area contributed by atoms with Gasteiger partial charge >= 0.3 is 0 Å². The van der Waals surface area contributed by atoms with E-state index in [0.717, 1.165) is 15.8 Å². The SMILES string of the molecule is COc1ccc(Br)cc1[C@@H]([NH3+])CCCC(=O)[O-]. The number of carbonyl (C=O) groups is 1. The zero-order chi connectivity index (χ0) is 12.8. The lowest BCUT2D eigenvalue weighted by Crippen LogP contribution is -2.53. The zero-order valence-electron chi connectivity index (χ0n) is 9.74. The number of benzene rings is 1. The third-order valence-corrected chi connectivity index (χ3v) is 3.06. The lowest BCUT2D eigenvalue weighted by atomic mass is 10.0. The summed E-state index contributed by atoms with van der Waals surface area (Å²) in [4.78, 5) is 10.3. The Kier molecular flexibility index (Phi) is 5.44. The molecule has 0 unspecified atom stereocenters. The van der Waals surface area contributed by atoms with Crippen LogP contribution in [0.25, 0.3) is 0 Å². The highest BCUT2D eigenvalue weighted by Gasteiger charge is 2.15. The number of methoxy groups -OCH3 is 1. The minimum absolute atomic E-state index is 0.0156. The Morgan fingerprint density at radius 3 is 2.88 bits per heavy atom. The van der Waals surface area contributed by atoms with Crippen LogP contribution in [0.5, 0.6) is 5.75 Å². The van der Waals surface area contributed by atoms with E-state index in [9.17, 15) is 9.90 Å². The van der Waals surface area contributed by atoms with Gasteiger partial charge in [0.15, 0.2) is 0 Å². The fraction of sp³-hybridized carbons (Fsp3) is 0.417. The molecule has 1 atom stereocenters. The minimum atomic E-state index is -1.02. The van der Waals surface area contributed by atoms with E-state index in [2.05, 4.69) is 21.7 Å². The van der Waals surface area contributed by atoms with Gasteiger partial charge in [0.2, 0.25) is 0 Å². The highest BCUT2D eigenvalue weighted by atomic mass is 79.9. The van der Waals surface area contributed by atoms with E-state index in [1.165, 1.54) is 0 Å². The van der Waals surface area contributed by atoms with Crippen molar-refractivity contribution in [2.24, 2.45) is 0 Å². The van der Waals surface area contributed by atoms with Crippen LogP contribution in [0.1, 0.15) is 30.9 Å². The van der Waals surface area contributed by atoms with Crippen molar-refractivity contribution in [1.82, 2.24) is 0 Å². The number of carboxylic acid groups (broad SMARTS) is 1. The molecule has 1 rings (SSSR count). The van der Waals surface area contributed by atoms with Crippen LogP contribution < -0.4 is 15.6 Å². The summed E-state index contributed by atoms with van der Waals surface area (Å²) in [5.74, 6) is -0.236. The summed E-state index contributed by atoms with van der Waals surface area (Å²) in [6.45, 7) is 0. The number of halogens is 1. The summed E-state index contributed by atoms with van der Waals surface area (Å²) >= 11 is 3.40. The summed E-state index contributed by atoms with van der Waals surface area (Å²) in [6.07, 6.45) is 1.33. The van der Waals surface area contributed by atoms with Crippen LogP contribution in [0.3, 0.4) is 0 Å². The maximum Gasteiger partial charge on any atom is 0.128 e. The van der Waals surface area contributed by atoms with Crippen LogP contribution in [-0.2, 0) is 4.79 Å². The molecule has 4 nitrogen and oxygen atoms in total. The minimum Gasteiger partial charge on any atom is -0.550 e. The molecule has 0 amide bonds. The molecule has 1 aromatic carbocycles. The number of carboxylic acids is 1. The maximum atomic E-state index is 10.3. The number of carbonyl (C=O) groups excluding carboxylic acids is 1. The van der Waals surface area contributed by atoms with Gasteiger partial charge in [-0.05, 0) is 31.0 Å². The number of quaternary nitrogens is 1. The van der Waals surface area contributed by atoms with E-state index in [4.69, 9.17) is 4.74 Å². The van der Waals surface area contributed by atoms with Crippen LogP contribution in [0.15, 0.2) is 22.7 Å². The summed E-state index contributed by atoms with van der Waals surface area (Å²) in [5, 5.41) is 10.3. The first-order valence-corrected chi connectivity index (χ1v) is 6.20. The van der Waals surface area contributed by atoms with Crippen LogP contribution >= 0.6 is 15.9 Å². The van der Waals surface area contributed by atoms with E-state index in [1.54, 1.807) is 7.11 Å². The molecule has 0 bridgehead atoms. The molecule has 1 aromatic rings. The highest BCUT2D eigenvalue weighted by molar-refractivity contribution is 9.10. The van der Waals surface area contributed by atoms with Crippen molar-refractivity contribution >= 4 is 21.9 Å². The molecule has 0 aromatic heterocycles. The second-order valence-corrected chi connectivity index (χ2v) is 4.76. The van der Waals surface area contributed by atoms with Gasteiger partial charge in [0, 0.05) is 16.9 Å². The Hall–Kier alpha value is -1.07. The molecule has 5 heteroatoms. The third-order valence-electron chi connectivity index (χ3n) is 2.57. The third kappa shape index (κ3) is 4.36. The van der Waals surface area contributed by atoms with E-state index in [-0.39, 0.29) is 12.5 Å². The average Bonchev–Trinajstić information content (AvgIpc) is 2.28. The highest BCUT2D eigenvalue weighted by Crippen LogP contribution is 2.28. The number of aliphatic carboxylic acids is 1. The van der Waals surface area contributed by atoms with Gasteiger partial charge in [0.05, 0.1) is 12.7 Å². The van der Waals surface area contributed by atoms with Crippen LogP contribution in [0.4, 0.5) is 0 Å². The normalized spacial score (nSPS) is 12.2. The molecular weight excluding hydrogens is 286 g/mol. The molecule has 0 fully saturated rings. The van der Waals surface area contributed by atoms with Crippen molar-refractivity contribution in [2.75, 3.05) is 7.11 Å². The van der Waals surface area contributed by atoms with Crippen LogP contribution in [0, 0.1) is 0 Å². The molecule has 0 radical (unpaired) electrons. The van der Waals surface area contributed by atoms with Crippen molar-refractivity contribution in [3.63, 3.8) is 0 Å². The molecule has 0 spiro atoms. The Morgan fingerprint density at radius 2 is 2.29 bits per heavy atom. The average molecular weight is 302 g/mol. The van der Waals surface area contributed by atoms with Gasteiger partial charge in [-0.1, -0.05) is 15.9 Å². The predicted octanol–water partition coefficient (Wildman–Crippen LogP) is 0.661. The quantitative estimate of drug-likeness (QED) is 0.838. The lowest BCUT2D eigenvalue weighted by Gasteiger charge is -2.13. The monoisotopic (exact) mass is 301 g/mol. The Bertz CT molecular complexity index is 395. The molecule has 0 aliphatic rings. The summed E-state index contributed by atoms with van der Waals surface area (Å²) in [7, 11) is 1.61. The van der Waals surface area contributed by atoms with Crippen molar-refractivity contribution in [3.05, 3.63) is 28.2 Å². The van der Waals surface area contributed by atoms with E-state index >= 15 is 0 Å². The van der Waals surface area contributed by atoms with Gasteiger partial charge in [-0.15, -0.1) is 0 Å². The summed E-state index contributed by atoms with van der Waals surface area (Å²) < 4.78 is 6.22. The molecule has 3 N–H and O–H groups in total. The largest absolute Gasteiger partial charge is 0.550 e. The Balaban J connectivity index is 2.69. The molecular formula is C12H16BrNO3. The second-order valence-electron chi connectivity index (χ2n) is 3.85. The summed E-state index contributed by atoms with van der Waals surface area (Å²) in [6, 6.07) is 5.74. The van der Waals surface area contributed by atoms with Crippen LogP contribution in [0.2, 0.25) is 0 Å². The van der Waals surface area contributed by atoms with Gasteiger partial charge in [-0.2, -0.15) is 0 Å². The fourth-order valence-corrected chi connectivity index (χ4v) is 2.05. The smallest absolute Gasteiger partial charge is 0.128 e. The first kappa shape index (κ1) is 14.0. The predicted molar refractivity (Wildman–Crippen MR) is 65.2 cm³/mol. The molecule has 94 valence electrons. The van der Waals surface area contributed by atoms with Crippen molar-refractivity contribution < 1.29 is 20.4 Å². The molecule has 17 heavy (non-hydrogen) atoms. The summed E-state index contributed by atoms with van der Waals surface area (Å²) in [5.41, 5.74) is 5.03. The zero-order valence-corrected chi connectivity index (χ0v) is 11.3. The first-order valence-electron chi connectivity index (χ1n) is 5.41. The molecule has 0 aliphatic heterocycles.